The van der Waals surface area contributed by atoms with Crippen LogP contribution >= 0.6 is 11.6 Å². The Morgan fingerprint density at radius 2 is 1.68 bits per heavy atom. The van der Waals surface area contributed by atoms with Crippen molar-refractivity contribution in [3.8, 4) is 0 Å². The fourth-order valence-electron chi connectivity index (χ4n) is 1.52. The van der Waals surface area contributed by atoms with E-state index >= 15 is 0 Å². The van der Waals surface area contributed by atoms with Crippen LogP contribution in [0.2, 0.25) is 5.02 Å². The lowest BCUT2D eigenvalue weighted by Crippen LogP contribution is -1.99. The molecular weight excluding hydrogens is 283 g/mol. The molecule has 1 nitrogen and oxygen atoms in total. The van der Waals surface area contributed by atoms with Crippen LogP contribution in [0.3, 0.4) is 0 Å². The van der Waals surface area contributed by atoms with Crippen molar-refractivity contribution in [2.75, 3.05) is 0 Å². The smallest absolute Gasteiger partial charge is 0.135 e. The highest BCUT2D eigenvalue weighted by atomic mass is 35.5. The highest BCUT2D eigenvalue weighted by Crippen LogP contribution is 2.14. The molecule has 2 rings (SSSR count). The predicted molar refractivity (Wildman–Crippen MR) is 78.7 cm³/mol. The summed E-state index contributed by atoms with van der Waals surface area (Å²) in [5.41, 5.74) is 1.79. The minimum Gasteiger partial charge on any atom is -0.612 e. The molecule has 0 spiro atoms. The summed E-state index contributed by atoms with van der Waals surface area (Å²) in [7, 11) is 0. The second-order valence-corrected chi connectivity index (χ2v) is 5.76. The van der Waals surface area contributed by atoms with Gasteiger partial charge in [-0.15, -0.1) is 0 Å². The summed E-state index contributed by atoms with van der Waals surface area (Å²) in [5.74, 6) is 0.161. The average Bonchev–Trinajstić information content (AvgIpc) is 2.41. The van der Waals surface area contributed by atoms with Crippen LogP contribution in [0.1, 0.15) is 11.1 Å². The van der Waals surface area contributed by atoms with Gasteiger partial charge < -0.3 is 4.55 Å². The molecule has 0 aliphatic heterocycles. The summed E-state index contributed by atoms with van der Waals surface area (Å²) < 4.78 is 24.6. The number of benzene rings is 2. The van der Waals surface area contributed by atoms with Gasteiger partial charge in [-0.05, 0) is 47.1 Å². The Morgan fingerprint density at radius 3 is 2.32 bits per heavy atom. The number of hydrogen-bond acceptors (Lipinski definition) is 1. The standard InChI is InChI=1S/C15H12ClFOS/c16-14-5-1-13(2-6-14)11-19(18)10-9-12-3-7-15(17)8-4-12/h1-10H,11H2/b10-9+. The van der Waals surface area contributed by atoms with Crippen molar-refractivity contribution in [2.24, 2.45) is 0 Å². The molecule has 1 atom stereocenters. The normalized spacial score (nSPS) is 12.8. The van der Waals surface area contributed by atoms with E-state index < -0.39 is 11.2 Å². The molecule has 0 radical (unpaired) electrons. The van der Waals surface area contributed by atoms with E-state index in [9.17, 15) is 8.94 Å². The molecule has 0 amide bonds. The van der Waals surface area contributed by atoms with E-state index in [0.717, 1.165) is 11.1 Å². The van der Waals surface area contributed by atoms with Crippen LogP contribution < -0.4 is 0 Å². The fraction of sp³-hybridized carbons (Fsp3) is 0.0667. The van der Waals surface area contributed by atoms with E-state index in [1.165, 1.54) is 12.1 Å². The van der Waals surface area contributed by atoms with Crippen LogP contribution in [0, 0.1) is 5.82 Å². The molecular formula is C15H12ClFOS. The zero-order chi connectivity index (χ0) is 13.7. The van der Waals surface area contributed by atoms with Crippen molar-refractivity contribution in [2.45, 2.75) is 5.75 Å². The SMILES string of the molecule is [O-][S+](/C=C/c1ccc(F)cc1)Cc1ccc(Cl)cc1. The van der Waals surface area contributed by atoms with Gasteiger partial charge in [-0.2, -0.15) is 0 Å². The third-order valence-corrected chi connectivity index (χ3v) is 3.81. The van der Waals surface area contributed by atoms with Crippen LogP contribution in [0.5, 0.6) is 0 Å². The maximum atomic E-state index is 12.7. The third-order valence-electron chi connectivity index (χ3n) is 2.50. The van der Waals surface area contributed by atoms with E-state index in [1.807, 2.05) is 12.1 Å². The fourth-order valence-corrected chi connectivity index (χ4v) is 2.57. The van der Waals surface area contributed by atoms with Crippen molar-refractivity contribution >= 4 is 28.9 Å². The Labute approximate surface area is 119 Å². The second kappa shape index (κ2) is 6.75. The molecule has 4 heteroatoms. The lowest BCUT2D eigenvalue weighted by atomic mass is 10.2. The molecule has 0 saturated heterocycles. The molecule has 98 valence electrons. The number of hydrogen-bond donors (Lipinski definition) is 0. The van der Waals surface area contributed by atoms with Gasteiger partial charge in [0.1, 0.15) is 17.0 Å². The Balaban J connectivity index is 1.95. The topological polar surface area (TPSA) is 23.1 Å². The van der Waals surface area contributed by atoms with Crippen molar-refractivity contribution in [3.63, 3.8) is 0 Å². The first-order valence-corrected chi connectivity index (χ1v) is 7.45. The summed E-state index contributed by atoms with van der Waals surface area (Å²) in [4.78, 5) is 0. The first kappa shape index (κ1) is 14.1. The van der Waals surface area contributed by atoms with Gasteiger partial charge in [-0.3, -0.25) is 0 Å². The maximum absolute atomic E-state index is 12.7. The monoisotopic (exact) mass is 294 g/mol. The summed E-state index contributed by atoms with van der Waals surface area (Å²) in [6.07, 6.45) is 1.73. The van der Waals surface area contributed by atoms with Crippen molar-refractivity contribution < 1.29 is 8.94 Å². The van der Waals surface area contributed by atoms with Crippen molar-refractivity contribution in [3.05, 3.63) is 75.9 Å². The Hall–Kier alpha value is -1.29. The van der Waals surface area contributed by atoms with Gasteiger partial charge in [0.15, 0.2) is 0 Å². The van der Waals surface area contributed by atoms with E-state index in [0.29, 0.717) is 10.8 Å². The van der Waals surface area contributed by atoms with Gasteiger partial charge >= 0.3 is 0 Å². The molecule has 0 saturated carbocycles. The zero-order valence-corrected chi connectivity index (χ0v) is 11.6. The van der Waals surface area contributed by atoms with Gasteiger partial charge in [-0.25, -0.2) is 4.39 Å². The van der Waals surface area contributed by atoms with Crippen LogP contribution in [0.4, 0.5) is 4.39 Å². The quantitative estimate of drug-likeness (QED) is 0.767. The maximum Gasteiger partial charge on any atom is 0.135 e. The first-order chi connectivity index (χ1) is 9.13. The molecule has 0 aromatic heterocycles. The third kappa shape index (κ3) is 4.71. The van der Waals surface area contributed by atoms with E-state index in [1.54, 1.807) is 35.7 Å². The highest BCUT2D eigenvalue weighted by Gasteiger charge is 2.03. The Kier molecular flexibility index (Phi) is 5.02. The predicted octanol–water partition coefficient (Wildman–Crippen LogP) is 4.40. The summed E-state index contributed by atoms with van der Waals surface area (Å²) >= 11 is 4.68. The molecule has 1 unspecified atom stereocenters. The lowest BCUT2D eigenvalue weighted by Gasteiger charge is -2.05. The Bertz CT molecular complexity index is 551. The average molecular weight is 295 g/mol. The van der Waals surface area contributed by atoms with Gasteiger partial charge in [0.2, 0.25) is 0 Å². The van der Waals surface area contributed by atoms with Crippen LogP contribution in [0.25, 0.3) is 6.08 Å². The van der Waals surface area contributed by atoms with Crippen molar-refractivity contribution in [1.82, 2.24) is 0 Å². The largest absolute Gasteiger partial charge is 0.612 e. The van der Waals surface area contributed by atoms with E-state index in [4.69, 9.17) is 11.6 Å². The van der Waals surface area contributed by atoms with Gasteiger partial charge in [-0.1, -0.05) is 35.9 Å². The number of rotatable bonds is 4. The van der Waals surface area contributed by atoms with E-state index in [2.05, 4.69) is 0 Å². The lowest BCUT2D eigenvalue weighted by molar-refractivity contribution is 0.603. The van der Waals surface area contributed by atoms with Gasteiger partial charge in [0.25, 0.3) is 0 Å². The zero-order valence-electron chi connectivity index (χ0n) is 10.1. The molecule has 0 aliphatic carbocycles. The molecule has 0 bridgehead atoms. The summed E-state index contributed by atoms with van der Waals surface area (Å²) in [6, 6.07) is 13.3. The van der Waals surface area contributed by atoms with E-state index in [-0.39, 0.29) is 5.82 Å². The summed E-state index contributed by atoms with van der Waals surface area (Å²) in [5, 5.41) is 2.28. The molecule has 2 aromatic carbocycles. The molecule has 19 heavy (non-hydrogen) atoms. The van der Waals surface area contributed by atoms with Gasteiger partial charge in [0, 0.05) is 10.6 Å². The minimum atomic E-state index is -1.10. The van der Waals surface area contributed by atoms with Crippen LogP contribution in [-0.2, 0) is 16.9 Å². The highest BCUT2D eigenvalue weighted by molar-refractivity contribution is 7.93. The van der Waals surface area contributed by atoms with Crippen LogP contribution in [-0.4, -0.2) is 4.55 Å². The van der Waals surface area contributed by atoms with Crippen molar-refractivity contribution in [1.29, 1.82) is 0 Å². The summed E-state index contributed by atoms with van der Waals surface area (Å²) in [6.45, 7) is 0. The molecule has 0 fully saturated rings. The molecule has 0 N–H and O–H groups in total. The first-order valence-electron chi connectivity index (χ1n) is 5.69. The van der Waals surface area contributed by atoms with Gasteiger partial charge in [0.05, 0.1) is 0 Å². The molecule has 0 aliphatic rings. The minimum absolute atomic E-state index is 0.278. The number of halogens is 2. The Morgan fingerprint density at radius 1 is 1.05 bits per heavy atom. The molecule has 2 aromatic rings. The van der Waals surface area contributed by atoms with Crippen LogP contribution in [0.15, 0.2) is 53.9 Å². The second-order valence-electron chi connectivity index (χ2n) is 4.01. The molecule has 0 heterocycles.